The average Bonchev–Trinajstić information content (AvgIpc) is 3.03. The summed E-state index contributed by atoms with van der Waals surface area (Å²) in [6, 6.07) is 8.83. The molecule has 0 saturated heterocycles. The monoisotopic (exact) mass is 441 g/mol. The molecule has 4 rings (SSSR count). The number of aliphatic hydroxyl groups is 1. The van der Waals surface area contributed by atoms with Crippen LogP contribution in [0, 0.1) is 17.3 Å². The van der Waals surface area contributed by atoms with Crippen LogP contribution in [0.2, 0.25) is 5.02 Å². The summed E-state index contributed by atoms with van der Waals surface area (Å²) in [5.41, 5.74) is 6.86. The minimum atomic E-state index is -0.607. The Bertz CT molecular complexity index is 954. The van der Waals surface area contributed by atoms with Crippen LogP contribution in [-0.2, 0) is 17.8 Å². The van der Waals surface area contributed by atoms with E-state index in [1.165, 1.54) is 4.90 Å². The fourth-order valence-corrected chi connectivity index (χ4v) is 5.40. The number of aromatic nitrogens is 2. The molecule has 1 aliphatic heterocycles. The predicted octanol–water partition coefficient (Wildman–Crippen LogP) is 2.81. The highest BCUT2D eigenvalue weighted by Crippen LogP contribution is 2.49. The quantitative estimate of drug-likeness (QED) is 0.742. The van der Waals surface area contributed by atoms with Crippen LogP contribution >= 0.6 is 11.6 Å². The van der Waals surface area contributed by atoms with Crippen molar-refractivity contribution in [2.45, 2.75) is 51.8 Å². The summed E-state index contributed by atoms with van der Waals surface area (Å²) in [5, 5.41) is 11.3. The molecule has 164 valence electrons. The van der Waals surface area contributed by atoms with Crippen molar-refractivity contribution in [1.82, 2.24) is 14.9 Å². The van der Waals surface area contributed by atoms with Crippen LogP contribution in [-0.4, -0.2) is 44.0 Å². The maximum Gasteiger partial charge on any atom is 0.255 e. The van der Waals surface area contributed by atoms with Crippen LogP contribution < -0.4 is 5.73 Å². The van der Waals surface area contributed by atoms with Gasteiger partial charge in [0, 0.05) is 22.8 Å². The lowest BCUT2D eigenvalue weighted by molar-refractivity contribution is -0.133. The molecule has 1 fully saturated rings. The van der Waals surface area contributed by atoms with E-state index in [4.69, 9.17) is 17.3 Å². The van der Waals surface area contributed by atoms with Gasteiger partial charge in [0.1, 0.15) is 11.9 Å². The van der Waals surface area contributed by atoms with Crippen molar-refractivity contribution in [1.29, 1.82) is 0 Å². The molecule has 3 N–H and O–H groups in total. The third kappa shape index (κ3) is 4.29. The molecule has 1 saturated carbocycles. The van der Waals surface area contributed by atoms with Gasteiger partial charge in [0.25, 0.3) is 5.91 Å². The number of halogens is 1. The van der Waals surface area contributed by atoms with E-state index < -0.39 is 17.6 Å². The van der Waals surface area contributed by atoms with Gasteiger partial charge < -0.3 is 10.8 Å². The number of benzene rings is 1. The van der Waals surface area contributed by atoms with E-state index in [2.05, 4.69) is 15.0 Å². The molecular weight excluding hydrogens is 414 g/mol. The van der Waals surface area contributed by atoms with Crippen molar-refractivity contribution in [3.05, 3.63) is 59.1 Å². The van der Waals surface area contributed by atoms with E-state index in [9.17, 15) is 9.90 Å². The van der Waals surface area contributed by atoms with Crippen LogP contribution in [0.25, 0.3) is 0 Å². The SMILES string of the molecule is CC1CC(Cc2ccc(Cl)cc2)(C2N=C(N)N(Cc3ncccn3)C2=O)CC(C)C1O. The van der Waals surface area contributed by atoms with Crippen molar-refractivity contribution < 1.29 is 9.90 Å². The number of rotatable bonds is 5. The van der Waals surface area contributed by atoms with E-state index in [0.29, 0.717) is 30.1 Å². The molecule has 1 aromatic heterocycles. The Labute approximate surface area is 187 Å². The van der Waals surface area contributed by atoms with E-state index in [1.54, 1.807) is 18.5 Å². The summed E-state index contributed by atoms with van der Waals surface area (Å²) in [4.78, 5) is 28.1. The second-order valence-corrected chi connectivity index (χ2v) is 9.43. The van der Waals surface area contributed by atoms with Gasteiger partial charge in [-0.1, -0.05) is 37.6 Å². The molecule has 3 atom stereocenters. The van der Waals surface area contributed by atoms with Crippen molar-refractivity contribution in [3.63, 3.8) is 0 Å². The first-order valence-corrected chi connectivity index (χ1v) is 11.0. The summed E-state index contributed by atoms with van der Waals surface area (Å²) in [7, 11) is 0. The van der Waals surface area contributed by atoms with Gasteiger partial charge in [-0.15, -0.1) is 0 Å². The largest absolute Gasteiger partial charge is 0.393 e. The number of aliphatic imine (C=N–C) groups is 1. The van der Waals surface area contributed by atoms with E-state index in [1.807, 2.05) is 38.1 Å². The van der Waals surface area contributed by atoms with Crippen LogP contribution in [0.1, 0.15) is 38.1 Å². The van der Waals surface area contributed by atoms with Crippen LogP contribution in [0.4, 0.5) is 0 Å². The Kier molecular flexibility index (Phi) is 5.99. The Balaban J connectivity index is 1.66. The number of nitrogens with two attached hydrogens (primary N) is 1. The zero-order valence-electron chi connectivity index (χ0n) is 17.8. The topological polar surface area (TPSA) is 105 Å². The molecule has 3 unspecified atom stereocenters. The molecule has 7 nitrogen and oxygen atoms in total. The number of carbonyl (C=O) groups excluding carboxylic acids is 1. The molecule has 2 aliphatic rings. The second-order valence-electron chi connectivity index (χ2n) is 9.00. The van der Waals surface area contributed by atoms with Gasteiger partial charge in [0.15, 0.2) is 5.96 Å². The highest BCUT2D eigenvalue weighted by atomic mass is 35.5. The number of nitrogens with zero attached hydrogens (tertiary/aromatic N) is 4. The molecule has 0 spiro atoms. The molecule has 0 radical (unpaired) electrons. The number of aliphatic hydroxyl groups excluding tert-OH is 1. The lowest BCUT2D eigenvalue weighted by Gasteiger charge is -2.47. The standard InChI is InChI=1S/C23H28ClN5O2/c1-14-10-23(11-15(2)19(14)30,12-16-4-6-17(24)7-5-16)20-21(31)29(22(25)28-20)13-18-26-8-3-9-27-18/h3-9,14-15,19-20,30H,10-13H2,1-2H3,(H2,25,28). The summed E-state index contributed by atoms with van der Waals surface area (Å²) in [6.07, 6.45) is 4.91. The summed E-state index contributed by atoms with van der Waals surface area (Å²) >= 11 is 6.08. The Morgan fingerprint density at radius 3 is 2.39 bits per heavy atom. The third-order valence-corrected chi connectivity index (χ3v) is 6.88. The molecule has 31 heavy (non-hydrogen) atoms. The maximum atomic E-state index is 13.6. The highest BCUT2D eigenvalue weighted by Gasteiger charge is 2.53. The number of hydrogen-bond acceptors (Lipinski definition) is 6. The van der Waals surface area contributed by atoms with E-state index in [-0.39, 0.29) is 30.2 Å². The number of guanidine groups is 1. The fourth-order valence-electron chi connectivity index (χ4n) is 5.27. The molecular formula is C23H28ClN5O2. The van der Waals surface area contributed by atoms with Crippen molar-refractivity contribution in [2.24, 2.45) is 28.0 Å². The van der Waals surface area contributed by atoms with Gasteiger partial charge in [-0.2, -0.15) is 0 Å². The van der Waals surface area contributed by atoms with Gasteiger partial charge in [-0.25, -0.2) is 15.0 Å². The minimum Gasteiger partial charge on any atom is -0.393 e. The second kappa shape index (κ2) is 8.55. The highest BCUT2D eigenvalue weighted by molar-refractivity contribution is 6.30. The summed E-state index contributed by atoms with van der Waals surface area (Å²) in [5.74, 6) is 0.680. The van der Waals surface area contributed by atoms with Gasteiger partial charge in [-0.3, -0.25) is 9.69 Å². The lowest BCUT2D eigenvalue weighted by atomic mass is 9.59. The lowest BCUT2D eigenvalue weighted by Crippen LogP contribution is -2.51. The molecule has 1 aromatic carbocycles. The summed E-state index contributed by atoms with van der Waals surface area (Å²) < 4.78 is 0. The van der Waals surface area contributed by atoms with Crippen LogP contribution in [0.15, 0.2) is 47.7 Å². The van der Waals surface area contributed by atoms with E-state index >= 15 is 0 Å². The maximum absolute atomic E-state index is 13.6. The van der Waals surface area contributed by atoms with Crippen molar-refractivity contribution in [2.75, 3.05) is 0 Å². The van der Waals surface area contributed by atoms with Gasteiger partial charge >= 0.3 is 0 Å². The van der Waals surface area contributed by atoms with Gasteiger partial charge in [0.05, 0.1) is 12.6 Å². The molecule has 8 heteroatoms. The number of amides is 1. The van der Waals surface area contributed by atoms with Crippen molar-refractivity contribution >= 4 is 23.5 Å². The molecule has 2 aromatic rings. The average molecular weight is 442 g/mol. The first kappa shape index (κ1) is 21.7. The van der Waals surface area contributed by atoms with Gasteiger partial charge in [0.2, 0.25) is 0 Å². The molecule has 1 amide bonds. The zero-order chi connectivity index (χ0) is 22.2. The predicted molar refractivity (Wildman–Crippen MR) is 119 cm³/mol. The molecule has 2 heterocycles. The number of hydrogen-bond donors (Lipinski definition) is 2. The normalized spacial score (nSPS) is 31.0. The van der Waals surface area contributed by atoms with Gasteiger partial charge in [-0.05, 0) is 54.9 Å². The molecule has 0 bridgehead atoms. The molecule has 1 aliphatic carbocycles. The van der Waals surface area contributed by atoms with Crippen molar-refractivity contribution in [3.8, 4) is 0 Å². The Hall–Kier alpha value is -2.51. The fraction of sp³-hybridized carbons (Fsp3) is 0.478. The van der Waals surface area contributed by atoms with E-state index in [0.717, 1.165) is 5.56 Å². The van der Waals surface area contributed by atoms with Crippen LogP contribution in [0.3, 0.4) is 0 Å². The Morgan fingerprint density at radius 2 is 1.77 bits per heavy atom. The number of carbonyl (C=O) groups is 1. The third-order valence-electron chi connectivity index (χ3n) is 6.63. The van der Waals surface area contributed by atoms with Crippen LogP contribution in [0.5, 0.6) is 0 Å². The smallest absolute Gasteiger partial charge is 0.255 e. The Morgan fingerprint density at radius 1 is 1.16 bits per heavy atom. The minimum absolute atomic E-state index is 0.0479. The zero-order valence-corrected chi connectivity index (χ0v) is 18.5. The summed E-state index contributed by atoms with van der Waals surface area (Å²) in [6.45, 7) is 4.27. The first-order chi connectivity index (χ1) is 14.8. The first-order valence-electron chi connectivity index (χ1n) is 10.6.